The van der Waals surface area contributed by atoms with Gasteiger partial charge < -0.3 is 10.2 Å². The van der Waals surface area contributed by atoms with Crippen molar-refractivity contribution in [1.82, 2.24) is 10.2 Å². The molecule has 3 aliphatic rings. The summed E-state index contributed by atoms with van der Waals surface area (Å²) in [4.78, 5) is 2.64. The van der Waals surface area contributed by atoms with E-state index in [4.69, 9.17) is 0 Å². The van der Waals surface area contributed by atoms with Crippen LogP contribution in [0.15, 0.2) is 0 Å². The standard InChI is InChI=1S/C13H24N2/c1-10(11-3-2-4-11)14-13-6-8-15-7-5-12(13)9-15/h10-14H,2-9H2,1H3. The van der Waals surface area contributed by atoms with Crippen LogP contribution < -0.4 is 5.32 Å². The zero-order chi connectivity index (χ0) is 10.3. The van der Waals surface area contributed by atoms with Gasteiger partial charge >= 0.3 is 0 Å². The van der Waals surface area contributed by atoms with Gasteiger partial charge in [-0.05, 0) is 57.5 Å². The van der Waals surface area contributed by atoms with Gasteiger partial charge in [0.15, 0.2) is 0 Å². The Morgan fingerprint density at radius 3 is 2.67 bits per heavy atom. The first kappa shape index (κ1) is 10.1. The molecule has 1 N–H and O–H groups in total. The van der Waals surface area contributed by atoms with E-state index in [0.717, 1.165) is 23.9 Å². The fraction of sp³-hybridized carbons (Fsp3) is 1.00. The van der Waals surface area contributed by atoms with Crippen LogP contribution >= 0.6 is 0 Å². The minimum absolute atomic E-state index is 0.774. The molecular formula is C13H24N2. The Morgan fingerprint density at radius 2 is 1.93 bits per heavy atom. The minimum atomic E-state index is 0.774. The van der Waals surface area contributed by atoms with E-state index in [1.165, 1.54) is 51.7 Å². The lowest BCUT2D eigenvalue weighted by Crippen LogP contribution is -2.50. The highest BCUT2D eigenvalue weighted by Gasteiger charge is 2.36. The number of fused-ring (bicyclic) bond motifs is 2. The van der Waals surface area contributed by atoms with E-state index >= 15 is 0 Å². The van der Waals surface area contributed by atoms with Crippen LogP contribution in [0.3, 0.4) is 0 Å². The van der Waals surface area contributed by atoms with Crippen LogP contribution in [0.4, 0.5) is 0 Å². The fourth-order valence-electron chi connectivity index (χ4n) is 3.58. The summed E-state index contributed by atoms with van der Waals surface area (Å²) in [7, 11) is 0. The molecule has 0 aromatic rings. The molecule has 4 atom stereocenters. The van der Waals surface area contributed by atoms with Crippen molar-refractivity contribution in [3.05, 3.63) is 0 Å². The lowest BCUT2D eigenvalue weighted by molar-refractivity contribution is 0.171. The summed E-state index contributed by atoms with van der Waals surface area (Å²) in [5.41, 5.74) is 0. The number of piperidine rings is 1. The molecule has 86 valence electrons. The van der Waals surface area contributed by atoms with Gasteiger partial charge in [0.05, 0.1) is 0 Å². The Balaban J connectivity index is 1.53. The van der Waals surface area contributed by atoms with Crippen molar-refractivity contribution in [3.8, 4) is 0 Å². The van der Waals surface area contributed by atoms with E-state index < -0.39 is 0 Å². The molecule has 2 nitrogen and oxygen atoms in total. The topological polar surface area (TPSA) is 15.3 Å². The van der Waals surface area contributed by atoms with Crippen molar-refractivity contribution < 1.29 is 0 Å². The third-order valence-corrected chi connectivity index (χ3v) is 4.97. The number of nitrogens with zero attached hydrogens (tertiary/aromatic N) is 1. The zero-order valence-electron chi connectivity index (χ0n) is 9.91. The van der Waals surface area contributed by atoms with Crippen LogP contribution in [-0.2, 0) is 0 Å². The van der Waals surface area contributed by atoms with Crippen molar-refractivity contribution >= 4 is 0 Å². The zero-order valence-corrected chi connectivity index (χ0v) is 9.91. The van der Waals surface area contributed by atoms with Gasteiger partial charge in [0.2, 0.25) is 0 Å². The summed E-state index contributed by atoms with van der Waals surface area (Å²) < 4.78 is 0. The van der Waals surface area contributed by atoms with E-state index in [0.29, 0.717) is 0 Å². The molecule has 3 rings (SSSR count). The average Bonchev–Trinajstić information content (AvgIpc) is 2.51. The largest absolute Gasteiger partial charge is 0.311 e. The predicted molar refractivity (Wildman–Crippen MR) is 62.9 cm³/mol. The Hall–Kier alpha value is -0.0800. The van der Waals surface area contributed by atoms with Gasteiger partial charge in [-0.15, -0.1) is 0 Å². The third kappa shape index (κ3) is 1.94. The smallest absolute Gasteiger partial charge is 0.0123 e. The van der Waals surface area contributed by atoms with Crippen LogP contribution in [0.1, 0.15) is 39.0 Å². The van der Waals surface area contributed by atoms with Crippen molar-refractivity contribution in [2.24, 2.45) is 11.8 Å². The summed E-state index contributed by atoms with van der Waals surface area (Å²) in [5, 5.41) is 3.92. The Kier molecular flexibility index (Phi) is 2.73. The van der Waals surface area contributed by atoms with Crippen LogP contribution in [0.2, 0.25) is 0 Å². The summed E-state index contributed by atoms with van der Waals surface area (Å²) in [6.45, 7) is 6.48. The molecule has 4 unspecified atom stereocenters. The van der Waals surface area contributed by atoms with E-state index in [-0.39, 0.29) is 0 Å². The van der Waals surface area contributed by atoms with Crippen LogP contribution in [-0.4, -0.2) is 36.6 Å². The lowest BCUT2D eigenvalue weighted by Gasteiger charge is -2.38. The summed E-state index contributed by atoms with van der Waals surface area (Å²) >= 11 is 0. The first-order valence-electron chi connectivity index (χ1n) is 6.81. The molecule has 2 heteroatoms. The highest BCUT2D eigenvalue weighted by molar-refractivity contribution is 4.93. The molecule has 2 saturated heterocycles. The van der Waals surface area contributed by atoms with Gasteiger partial charge in [-0.1, -0.05) is 6.42 Å². The Labute approximate surface area is 93.4 Å². The van der Waals surface area contributed by atoms with Crippen molar-refractivity contribution in [2.75, 3.05) is 19.6 Å². The molecule has 0 amide bonds. The van der Waals surface area contributed by atoms with Crippen LogP contribution in [0, 0.1) is 11.8 Å². The van der Waals surface area contributed by atoms with Gasteiger partial charge in [-0.2, -0.15) is 0 Å². The number of hydrogen-bond donors (Lipinski definition) is 1. The Bertz CT molecular complexity index is 225. The second-order valence-corrected chi connectivity index (χ2v) is 5.89. The molecule has 15 heavy (non-hydrogen) atoms. The predicted octanol–water partition coefficient (Wildman–Crippen LogP) is 1.86. The number of hydrogen-bond acceptors (Lipinski definition) is 2. The molecule has 2 heterocycles. The van der Waals surface area contributed by atoms with E-state index in [1.807, 2.05) is 0 Å². The second-order valence-electron chi connectivity index (χ2n) is 5.89. The van der Waals surface area contributed by atoms with Crippen LogP contribution in [0.5, 0.6) is 0 Å². The maximum atomic E-state index is 3.92. The highest BCUT2D eigenvalue weighted by atomic mass is 15.2. The van der Waals surface area contributed by atoms with E-state index in [1.54, 1.807) is 0 Å². The summed E-state index contributed by atoms with van der Waals surface area (Å²) in [6, 6.07) is 1.61. The normalized spacial score (nSPS) is 42.6. The van der Waals surface area contributed by atoms with Gasteiger partial charge in [0.25, 0.3) is 0 Å². The summed E-state index contributed by atoms with van der Waals surface area (Å²) in [6.07, 6.45) is 7.24. The minimum Gasteiger partial charge on any atom is -0.311 e. The first-order valence-corrected chi connectivity index (χ1v) is 6.81. The molecule has 2 bridgehead atoms. The van der Waals surface area contributed by atoms with Gasteiger partial charge in [-0.25, -0.2) is 0 Å². The van der Waals surface area contributed by atoms with Crippen LogP contribution in [0.25, 0.3) is 0 Å². The highest BCUT2D eigenvalue weighted by Crippen LogP contribution is 2.32. The Morgan fingerprint density at radius 1 is 1.13 bits per heavy atom. The molecule has 0 spiro atoms. The van der Waals surface area contributed by atoms with E-state index in [9.17, 15) is 0 Å². The molecule has 0 aromatic carbocycles. The van der Waals surface area contributed by atoms with Gasteiger partial charge in [0.1, 0.15) is 0 Å². The third-order valence-electron chi connectivity index (χ3n) is 4.97. The lowest BCUT2D eigenvalue weighted by atomic mass is 9.79. The monoisotopic (exact) mass is 208 g/mol. The molecule has 3 fully saturated rings. The number of nitrogens with one attached hydrogen (secondary N) is 1. The van der Waals surface area contributed by atoms with E-state index in [2.05, 4.69) is 17.1 Å². The molecular weight excluding hydrogens is 184 g/mol. The van der Waals surface area contributed by atoms with Crippen molar-refractivity contribution in [1.29, 1.82) is 0 Å². The fourth-order valence-corrected chi connectivity index (χ4v) is 3.58. The maximum absolute atomic E-state index is 3.92. The molecule has 1 saturated carbocycles. The quantitative estimate of drug-likeness (QED) is 0.761. The summed E-state index contributed by atoms with van der Waals surface area (Å²) in [5.74, 6) is 1.95. The average molecular weight is 208 g/mol. The van der Waals surface area contributed by atoms with Crippen molar-refractivity contribution in [3.63, 3.8) is 0 Å². The van der Waals surface area contributed by atoms with Gasteiger partial charge in [-0.3, -0.25) is 0 Å². The SMILES string of the molecule is CC(NC1CCN2CCC1C2)C1CCC1. The molecule has 2 aliphatic heterocycles. The second kappa shape index (κ2) is 4.06. The van der Waals surface area contributed by atoms with Crippen molar-refractivity contribution in [2.45, 2.75) is 51.1 Å². The maximum Gasteiger partial charge on any atom is 0.0123 e. The molecule has 1 aliphatic carbocycles. The number of rotatable bonds is 3. The molecule has 0 aromatic heterocycles. The first-order chi connectivity index (χ1) is 7.33. The molecule has 0 radical (unpaired) electrons. The van der Waals surface area contributed by atoms with Gasteiger partial charge in [0, 0.05) is 18.6 Å².